The molecule has 0 N–H and O–H groups in total. The van der Waals surface area contributed by atoms with Crippen LogP contribution < -0.4 is 9.47 Å². The van der Waals surface area contributed by atoms with E-state index >= 15 is 0 Å². The van der Waals surface area contributed by atoms with Crippen molar-refractivity contribution >= 4 is 23.9 Å². The number of carbonyl (C=O) groups is 4. The summed E-state index contributed by atoms with van der Waals surface area (Å²) in [4.78, 5) is 48.4. The zero-order chi connectivity index (χ0) is 42.4. The van der Waals surface area contributed by atoms with Crippen molar-refractivity contribution in [3.05, 3.63) is 133 Å². The second-order valence-electron chi connectivity index (χ2n) is 13.8. The Balaban J connectivity index is 1.02. The van der Waals surface area contributed by atoms with E-state index in [4.69, 9.17) is 37.9 Å². The molecule has 2 unspecified atom stereocenters. The van der Waals surface area contributed by atoms with Gasteiger partial charge in [-0.15, -0.1) is 0 Å². The lowest BCUT2D eigenvalue weighted by Crippen LogP contribution is -2.44. The molecule has 1 heterocycles. The minimum absolute atomic E-state index is 0.162. The Bertz CT molecular complexity index is 1830. The van der Waals surface area contributed by atoms with Crippen LogP contribution in [0.4, 0.5) is 0 Å². The topological polar surface area (TPSA) is 142 Å². The van der Waals surface area contributed by atoms with Crippen LogP contribution in [0, 0.1) is 0 Å². The van der Waals surface area contributed by atoms with Crippen LogP contribution >= 0.6 is 0 Å². The Morgan fingerprint density at radius 3 is 1.12 bits per heavy atom. The first kappa shape index (κ1) is 44.9. The highest BCUT2D eigenvalue weighted by Gasteiger charge is 2.34. The minimum Gasteiger partial charge on any atom is -0.494 e. The largest absolute Gasteiger partial charge is 0.494 e. The average Bonchev–Trinajstić information content (AvgIpc) is 3.29. The molecule has 12 nitrogen and oxygen atoms in total. The fourth-order valence-electron chi connectivity index (χ4n) is 6.06. The van der Waals surface area contributed by atoms with E-state index in [0.29, 0.717) is 37.6 Å². The number of ether oxygens (including phenoxy) is 8. The number of carbonyl (C=O) groups excluding carboxylic acids is 4. The first-order valence-corrected chi connectivity index (χ1v) is 20.2. The fraction of sp³-hybridized carbons (Fsp3) is 0.333. The van der Waals surface area contributed by atoms with Crippen LogP contribution in [-0.4, -0.2) is 76.1 Å². The normalized spacial score (nSPS) is 14.6. The van der Waals surface area contributed by atoms with E-state index in [0.717, 1.165) is 97.3 Å². The van der Waals surface area contributed by atoms with Crippen molar-refractivity contribution < 1.29 is 57.1 Å². The highest BCUT2D eigenvalue weighted by molar-refractivity contribution is 5.91. The molecule has 2 atom stereocenters. The minimum atomic E-state index is -1.25. The number of rotatable bonds is 24. The molecule has 4 aromatic rings. The predicted octanol–water partition coefficient (Wildman–Crippen LogP) is 9.07. The molecule has 5 rings (SSSR count). The molecule has 316 valence electrons. The Labute approximate surface area is 351 Å². The fourth-order valence-corrected chi connectivity index (χ4v) is 6.06. The standard InChI is InChI=1S/C48H52O12/c1-3-43(49)55-31-11-7-5-9-29-53-41-25-21-37(22-26-41)35-13-17-39(18-14-35)45(51)59-47-48(58-34-33-57-47)60-46(52)40-19-15-36(16-20-40)38-23-27-42(28-24-38)54-30-10-6-8-12-32-56-44(50)4-2/h3-4,13-28,47-48H,1-2,5-12,29-34H2. The zero-order valence-corrected chi connectivity index (χ0v) is 33.8. The van der Waals surface area contributed by atoms with Gasteiger partial charge in [-0.3, -0.25) is 0 Å². The number of unbranched alkanes of at least 4 members (excludes halogenated alkanes) is 6. The predicted molar refractivity (Wildman–Crippen MR) is 224 cm³/mol. The van der Waals surface area contributed by atoms with Gasteiger partial charge in [-0.1, -0.05) is 61.7 Å². The SMILES string of the molecule is C=CC(=O)OCCCCCCOc1ccc(-c2ccc(C(=O)OC3OCCOC3OC(=O)c3ccc(-c4ccc(OCCCCCCOC(=O)C=C)cc4)cc3)cc2)cc1. The van der Waals surface area contributed by atoms with Gasteiger partial charge in [0.1, 0.15) is 11.5 Å². The number of hydrogen-bond donors (Lipinski definition) is 0. The molecule has 0 amide bonds. The maximum Gasteiger partial charge on any atom is 0.340 e. The van der Waals surface area contributed by atoms with Crippen LogP contribution in [0.2, 0.25) is 0 Å². The highest BCUT2D eigenvalue weighted by atomic mass is 16.8. The lowest BCUT2D eigenvalue weighted by molar-refractivity contribution is -0.288. The maximum absolute atomic E-state index is 13.1. The van der Waals surface area contributed by atoms with Gasteiger partial charge in [-0.05, 0) is 122 Å². The molecule has 60 heavy (non-hydrogen) atoms. The summed E-state index contributed by atoms with van der Waals surface area (Å²) in [6.45, 7) is 9.05. The molecule has 12 heteroatoms. The summed E-state index contributed by atoms with van der Waals surface area (Å²) in [6.07, 6.45) is 7.05. The van der Waals surface area contributed by atoms with E-state index in [1.165, 1.54) is 0 Å². The molecule has 1 aliphatic rings. The third-order valence-electron chi connectivity index (χ3n) is 9.37. The smallest absolute Gasteiger partial charge is 0.340 e. The monoisotopic (exact) mass is 820 g/mol. The Kier molecular flexibility index (Phi) is 18.4. The van der Waals surface area contributed by atoms with Gasteiger partial charge in [-0.25, -0.2) is 19.2 Å². The average molecular weight is 821 g/mol. The molecule has 0 saturated carbocycles. The summed E-state index contributed by atoms with van der Waals surface area (Å²) < 4.78 is 44.1. The van der Waals surface area contributed by atoms with Crippen molar-refractivity contribution in [2.45, 2.75) is 63.9 Å². The Morgan fingerprint density at radius 2 is 0.783 bits per heavy atom. The van der Waals surface area contributed by atoms with Gasteiger partial charge in [0.05, 0.1) is 50.8 Å². The van der Waals surface area contributed by atoms with Crippen molar-refractivity contribution in [3.63, 3.8) is 0 Å². The summed E-state index contributed by atoms with van der Waals surface area (Å²) in [5, 5.41) is 0. The quantitative estimate of drug-likeness (QED) is 0.0288. The molecule has 0 aliphatic carbocycles. The third kappa shape index (κ3) is 14.9. The van der Waals surface area contributed by atoms with Gasteiger partial charge >= 0.3 is 23.9 Å². The van der Waals surface area contributed by atoms with Crippen LogP contribution in [0.1, 0.15) is 72.1 Å². The van der Waals surface area contributed by atoms with Gasteiger partial charge in [0, 0.05) is 12.2 Å². The summed E-state index contributed by atoms with van der Waals surface area (Å²) in [5.41, 5.74) is 4.29. The van der Waals surface area contributed by atoms with E-state index in [-0.39, 0.29) is 13.2 Å². The molecule has 1 aliphatic heterocycles. The molecular formula is C48H52O12. The summed E-state index contributed by atoms with van der Waals surface area (Å²) >= 11 is 0. The van der Waals surface area contributed by atoms with Crippen LogP contribution in [0.5, 0.6) is 11.5 Å². The lowest BCUT2D eigenvalue weighted by atomic mass is 10.0. The van der Waals surface area contributed by atoms with E-state index in [9.17, 15) is 19.2 Å². The molecule has 1 fully saturated rings. The van der Waals surface area contributed by atoms with Crippen molar-refractivity contribution in [1.29, 1.82) is 0 Å². The van der Waals surface area contributed by atoms with Gasteiger partial charge in [-0.2, -0.15) is 0 Å². The van der Waals surface area contributed by atoms with Gasteiger partial charge in [0.25, 0.3) is 12.6 Å². The summed E-state index contributed by atoms with van der Waals surface area (Å²) in [7, 11) is 0. The molecular weight excluding hydrogens is 769 g/mol. The van der Waals surface area contributed by atoms with Crippen molar-refractivity contribution in [2.24, 2.45) is 0 Å². The zero-order valence-electron chi connectivity index (χ0n) is 33.8. The third-order valence-corrected chi connectivity index (χ3v) is 9.37. The Hall–Kier alpha value is -6.24. The second-order valence-corrected chi connectivity index (χ2v) is 13.8. The number of hydrogen-bond acceptors (Lipinski definition) is 12. The molecule has 4 aromatic carbocycles. The lowest BCUT2D eigenvalue weighted by Gasteiger charge is -2.30. The molecule has 1 saturated heterocycles. The van der Waals surface area contributed by atoms with Gasteiger partial charge < -0.3 is 37.9 Å². The summed E-state index contributed by atoms with van der Waals surface area (Å²) in [5.74, 6) is -0.575. The Morgan fingerprint density at radius 1 is 0.467 bits per heavy atom. The van der Waals surface area contributed by atoms with E-state index in [1.54, 1.807) is 24.3 Å². The van der Waals surface area contributed by atoms with Gasteiger partial charge in [0.15, 0.2) is 0 Å². The van der Waals surface area contributed by atoms with Crippen LogP contribution in [-0.2, 0) is 38.0 Å². The van der Waals surface area contributed by atoms with Gasteiger partial charge in [0.2, 0.25) is 0 Å². The first-order chi connectivity index (χ1) is 29.3. The van der Waals surface area contributed by atoms with E-state index < -0.39 is 36.5 Å². The highest BCUT2D eigenvalue weighted by Crippen LogP contribution is 2.26. The maximum atomic E-state index is 13.1. The van der Waals surface area contributed by atoms with Crippen LogP contribution in [0.25, 0.3) is 22.3 Å². The van der Waals surface area contributed by atoms with Crippen molar-refractivity contribution in [3.8, 4) is 33.8 Å². The number of benzene rings is 4. The second kappa shape index (κ2) is 24.6. The molecule has 0 spiro atoms. The molecule has 0 aromatic heterocycles. The number of esters is 4. The molecule has 0 bridgehead atoms. The van der Waals surface area contributed by atoms with Crippen molar-refractivity contribution in [1.82, 2.24) is 0 Å². The van der Waals surface area contributed by atoms with Crippen LogP contribution in [0.15, 0.2) is 122 Å². The molecule has 0 radical (unpaired) electrons. The van der Waals surface area contributed by atoms with E-state index in [2.05, 4.69) is 13.2 Å². The summed E-state index contributed by atoms with van der Waals surface area (Å²) in [6, 6.07) is 29.3. The van der Waals surface area contributed by atoms with Crippen molar-refractivity contribution in [2.75, 3.05) is 39.6 Å². The first-order valence-electron chi connectivity index (χ1n) is 20.2. The van der Waals surface area contributed by atoms with Crippen LogP contribution in [0.3, 0.4) is 0 Å². The van der Waals surface area contributed by atoms with E-state index in [1.807, 2.05) is 72.8 Å².